The average Bonchev–Trinajstić information content (AvgIpc) is 2.57. The fourth-order valence-electron chi connectivity index (χ4n) is 2.73. The van der Waals surface area contributed by atoms with Gasteiger partial charge in [-0.25, -0.2) is 0 Å². The van der Waals surface area contributed by atoms with Crippen LogP contribution in [0.25, 0.3) is 0 Å². The van der Waals surface area contributed by atoms with Gasteiger partial charge in [0.2, 0.25) is 11.8 Å². The SMILES string of the molecule is CCOC(=O)CC(O)C(=O)NC1CCCN(c2ccc(C)cc2)C1=O. The van der Waals surface area contributed by atoms with E-state index in [-0.39, 0.29) is 12.5 Å². The number of piperidine rings is 1. The Morgan fingerprint density at radius 1 is 1.36 bits per heavy atom. The summed E-state index contributed by atoms with van der Waals surface area (Å²) in [7, 11) is 0. The van der Waals surface area contributed by atoms with E-state index < -0.39 is 30.4 Å². The number of hydrogen-bond acceptors (Lipinski definition) is 5. The van der Waals surface area contributed by atoms with E-state index in [2.05, 4.69) is 5.32 Å². The van der Waals surface area contributed by atoms with Gasteiger partial charge in [-0.15, -0.1) is 0 Å². The van der Waals surface area contributed by atoms with Gasteiger partial charge in [-0.2, -0.15) is 0 Å². The molecule has 2 atom stereocenters. The fourth-order valence-corrected chi connectivity index (χ4v) is 2.73. The standard InChI is InChI=1S/C18H24N2O5/c1-3-25-16(22)11-15(21)17(23)19-14-5-4-10-20(18(14)24)13-8-6-12(2)7-9-13/h6-9,14-15,21H,3-5,10-11H2,1-2H3,(H,19,23). The number of ether oxygens (including phenoxy) is 1. The highest BCUT2D eigenvalue weighted by molar-refractivity contribution is 6.00. The molecule has 2 rings (SSSR count). The van der Waals surface area contributed by atoms with Crippen LogP contribution in [0.4, 0.5) is 5.69 Å². The fraction of sp³-hybridized carbons (Fsp3) is 0.500. The molecule has 1 aromatic carbocycles. The topological polar surface area (TPSA) is 95.9 Å². The number of hydrogen-bond donors (Lipinski definition) is 2. The van der Waals surface area contributed by atoms with Crippen LogP contribution in [0.1, 0.15) is 31.7 Å². The summed E-state index contributed by atoms with van der Waals surface area (Å²) in [6, 6.07) is 6.88. The zero-order valence-electron chi connectivity index (χ0n) is 14.5. The number of rotatable bonds is 6. The van der Waals surface area contributed by atoms with Crippen molar-refractivity contribution in [3.05, 3.63) is 29.8 Å². The normalized spacial score (nSPS) is 18.6. The Kier molecular flexibility index (Phi) is 6.52. The van der Waals surface area contributed by atoms with Crippen LogP contribution in [-0.4, -0.2) is 48.2 Å². The van der Waals surface area contributed by atoms with Crippen LogP contribution in [0.3, 0.4) is 0 Å². The van der Waals surface area contributed by atoms with Crippen LogP contribution in [0, 0.1) is 6.92 Å². The highest BCUT2D eigenvalue weighted by atomic mass is 16.5. The molecule has 25 heavy (non-hydrogen) atoms. The van der Waals surface area contributed by atoms with Crippen molar-refractivity contribution < 1.29 is 24.2 Å². The molecule has 1 saturated heterocycles. The van der Waals surface area contributed by atoms with Crippen molar-refractivity contribution in [3.63, 3.8) is 0 Å². The van der Waals surface area contributed by atoms with E-state index in [0.717, 1.165) is 17.7 Å². The molecular weight excluding hydrogens is 324 g/mol. The lowest BCUT2D eigenvalue weighted by Crippen LogP contribution is -2.54. The molecule has 1 aliphatic heterocycles. The predicted molar refractivity (Wildman–Crippen MR) is 92.0 cm³/mol. The van der Waals surface area contributed by atoms with Gasteiger partial charge in [0.1, 0.15) is 12.1 Å². The van der Waals surface area contributed by atoms with Gasteiger partial charge in [0.05, 0.1) is 13.0 Å². The number of aliphatic hydroxyl groups excluding tert-OH is 1. The van der Waals surface area contributed by atoms with Gasteiger partial charge in [0, 0.05) is 12.2 Å². The van der Waals surface area contributed by atoms with E-state index in [1.54, 1.807) is 11.8 Å². The highest BCUT2D eigenvalue weighted by Crippen LogP contribution is 2.21. The molecule has 7 nitrogen and oxygen atoms in total. The molecule has 1 heterocycles. The van der Waals surface area contributed by atoms with Gasteiger partial charge in [-0.1, -0.05) is 17.7 Å². The molecule has 1 fully saturated rings. The average molecular weight is 348 g/mol. The van der Waals surface area contributed by atoms with Crippen molar-refractivity contribution >= 4 is 23.5 Å². The second-order valence-electron chi connectivity index (χ2n) is 6.05. The molecule has 0 aliphatic carbocycles. The number of benzene rings is 1. The molecule has 0 bridgehead atoms. The maximum atomic E-state index is 12.6. The molecule has 1 aliphatic rings. The molecule has 0 aromatic heterocycles. The summed E-state index contributed by atoms with van der Waals surface area (Å²) in [5, 5.41) is 12.3. The largest absolute Gasteiger partial charge is 0.466 e. The number of esters is 1. The van der Waals surface area contributed by atoms with E-state index in [1.807, 2.05) is 31.2 Å². The summed E-state index contributed by atoms with van der Waals surface area (Å²) in [6.45, 7) is 4.37. The van der Waals surface area contributed by atoms with Crippen LogP contribution in [0.2, 0.25) is 0 Å². The predicted octanol–water partition coefficient (Wildman–Crippen LogP) is 0.921. The van der Waals surface area contributed by atoms with E-state index in [9.17, 15) is 19.5 Å². The highest BCUT2D eigenvalue weighted by Gasteiger charge is 2.32. The summed E-state index contributed by atoms with van der Waals surface area (Å²) in [4.78, 5) is 37.6. The Morgan fingerprint density at radius 2 is 2.04 bits per heavy atom. The number of carbonyl (C=O) groups is 3. The third-order valence-electron chi connectivity index (χ3n) is 4.07. The van der Waals surface area contributed by atoms with E-state index in [4.69, 9.17) is 4.74 Å². The van der Waals surface area contributed by atoms with Crippen LogP contribution < -0.4 is 10.2 Å². The quantitative estimate of drug-likeness (QED) is 0.746. The minimum Gasteiger partial charge on any atom is -0.466 e. The molecule has 0 radical (unpaired) electrons. The Hall–Kier alpha value is -2.41. The lowest BCUT2D eigenvalue weighted by atomic mass is 10.0. The first-order valence-electron chi connectivity index (χ1n) is 8.44. The number of nitrogens with one attached hydrogen (secondary N) is 1. The van der Waals surface area contributed by atoms with Crippen molar-refractivity contribution in [2.24, 2.45) is 0 Å². The Bertz CT molecular complexity index is 629. The monoisotopic (exact) mass is 348 g/mol. The van der Waals surface area contributed by atoms with Crippen molar-refractivity contribution in [1.82, 2.24) is 5.32 Å². The van der Waals surface area contributed by atoms with Crippen LogP contribution in [0.15, 0.2) is 24.3 Å². The molecule has 2 unspecified atom stereocenters. The number of anilines is 1. The van der Waals surface area contributed by atoms with Gasteiger partial charge >= 0.3 is 5.97 Å². The molecule has 1 aromatic rings. The van der Waals surface area contributed by atoms with E-state index in [1.165, 1.54) is 0 Å². The smallest absolute Gasteiger partial charge is 0.308 e. The molecule has 0 saturated carbocycles. The second-order valence-corrected chi connectivity index (χ2v) is 6.05. The second kappa shape index (κ2) is 8.62. The maximum Gasteiger partial charge on any atom is 0.308 e. The first-order valence-corrected chi connectivity index (χ1v) is 8.44. The van der Waals surface area contributed by atoms with Crippen LogP contribution in [0.5, 0.6) is 0 Å². The van der Waals surface area contributed by atoms with Gasteiger partial charge < -0.3 is 20.1 Å². The molecule has 0 spiro atoms. The first-order chi connectivity index (χ1) is 11.9. The van der Waals surface area contributed by atoms with Gasteiger partial charge in [0.25, 0.3) is 0 Å². The maximum absolute atomic E-state index is 12.6. The van der Waals surface area contributed by atoms with Crippen LogP contribution in [-0.2, 0) is 19.1 Å². The molecule has 2 N–H and O–H groups in total. The minimum atomic E-state index is -1.53. The van der Waals surface area contributed by atoms with E-state index in [0.29, 0.717) is 13.0 Å². The Balaban J connectivity index is 1.97. The number of nitrogens with zero attached hydrogens (tertiary/aromatic N) is 1. The summed E-state index contributed by atoms with van der Waals surface area (Å²) in [5.74, 6) is -1.61. The number of carbonyl (C=O) groups excluding carboxylic acids is 3. The summed E-state index contributed by atoms with van der Waals surface area (Å²) < 4.78 is 4.70. The van der Waals surface area contributed by atoms with Crippen molar-refractivity contribution in [2.45, 2.75) is 45.3 Å². The van der Waals surface area contributed by atoms with Crippen molar-refractivity contribution in [3.8, 4) is 0 Å². The number of aryl methyl sites for hydroxylation is 1. The first kappa shape index (κ1) is 18.9. The number of aliphatic hydroxyl groups is 1. The summed E-state index contributed by atoms with van der Waals surface area (Å²) in [5.41, 5.74) is 1.88. The van der Waals surface area contributed by atoms with E-state index >= 15 is 0 Å². The third-order valence-corrected chi connectivity index (χ3v) is 4.07. The zero-order valence-corrected chi connectivity index (χ0v) is 14.5. The lowest BCUT2D eigenvalue weighted by molar-refractivity contribution is -0.149. The van der Waals surface area contributed by atoms with Crippen LogP contribution >= 0.6 is 0 Å². The summed E-state index contributed by atoms with van der Waals surface area (Å²) >= 11 is 0. The number of amides is 2. The summed E-state index contributed by atoms with van der Waals surface area (Å²) in [6.07, 6.45) is -0.721. The van der Waals surface area contributed by atoms with Gasteiger partial charge in [-0.05, 0) is 38.8 Å². The Labute approximate surface area is 147 Å². The molecule has 136 valence electrons. The molecular formula is C18H24N2O5. The lowest BCUT2D eigenvalue weighted by Gasteiger charge is -2.33. The van der Waals surface area contributed by atoms with Gasteiger partial charge in [0.15, 0.2) is 0 Å². The molecule has 7 heteroatoms. The van der Waals surface area contributed by atoms with Crippen molar-refractivity contribution in [2.75, 3.05) is 18.1 Å². The zero-order chi connectivity index (χ0) is 18.4. The van der Waals surface area contributed by atoms with Crippen molar-refractivity contribution in [1.29, 1.82) is 0 Å². The minimum absolute atomic E-state index is 0.180. The van der Waals surface area contributed by atoms with Gasteiger partial charge in [-0.3, -0.25) is 14.4 Å². The molecule has 2 amide bonds. The third kappa shape index (κ3) is 5.03. The Morgan fingerprint density at radius 3 is 2.68 bits per heavy atom.